The van der Waals surface area contributed by atoms with Gasteiger partial charge in [-0.2, -0.15) is 0 Å². The zero-order valence-corrected chi connectivity index (χ0v) is 33.5. The minimum Gasteiger partial charge on any atom is -0.310 e. The third-order valence-corrected chi connectivity index (χ3v) is 12.8. The number of hydrogen-bond donors (Lipinski definition) is 0. The van der Waals surface area contributed by atoms with E-state index in [-0.39, 0.29) is 0 Å². The van der Waals surface area contributed by atoms with E-state index in [1.807, 2.05) is 0 Å². The van der Waals surface area contributed by atoms with E-state index in [4.69, 9.17) is 0 Å². The van der Waals surface area contributed by atoms with Crippen molar-refractivity contribution >= 4 is 44.3 Å². The normalized spacial score (nSPS) is 12.7. The Kier molecular flexibility index (Phi) is 8.11. The van der Waals surface area contributed by atoms with Crippen LogP contribution in [0, 0.1) is 0 Å². The van der Waals surface area contributed by atoms with Crippen LogP contribution < -0.4 is 4.90 Å². The molecule has 0 atom stereocenters. The van der Waals surface area contributed by atoms with Crippen molar-refractivity contribution in [2.75, 3.05) is 4.90 Å². The van der Waals surface area contributed by atoms with Gasteiger partial charge < -0.3 is 9.30 Å². The fraction of sp³-hybridized carbons (Fsp3) is 0.0169. The van der Waals surface area contributed by atoms with Gasteiger partial charge in [-0.05, 0) is 98.4 Å². The van der Waals surface area contributed by atoms with Gasteiger partial charge in [-0.3, -0.25) is 0 Å². The first kappa shape index (κ1) is 35.0. The molecular formula is C59H40N2. The molecule has 11 aromatic rings. The average molecular weight is 777 g/mol. The van der Waals surface area contributed by atoms with Crippen molar-refractivity contribution in [2.24, 2.45) is 0 Å². The monoisotopic (exact) mass is 776 g/mol. The Bertz CT molecular complexity index is 3350. The molecule has 0 saturated heterocycles. The minimum atomic E-state index is -0.490. The highest BCUT2D eigenvalue weighted by molar-refractivity contribution is 6.16. The van der Waals surface area contributed by atoms with Crippen molar-refractivity contribution in [1.29, 1.82) is 0 Å². The Labute approximate surface area is 355 Å². The van der Waals surface area contributed by atoms with Crippen LogP contribution in [0.4, 0.5) is 17.1 Å². The molecule has 61 heavy (non-hydrogen) atoms. The smallest absolute Gasteiger partial charge is 0.0714 e. The largest absolute Gasteiger partial charge is 0.310 e. The summed E-state index contributed by atoms with van der Waals surface area (Å²) in [5.74, 6) is 0. The van der Waals surface area contributed by atoms with E-state index >= 15 is 0 Å². The molecule has 2 nitrogen and oxygen atoms in total. The Hall–Kier alpha value is -7.94. The molecular weight excluding hydrogens is 737 g/mol. The number of pyridine rings is 1. The van der Waals surface area contributed by atoms with Crippen LogP contribution in [0.3, 0.4) is 0 Å². The molecule has 1 aliphatic carbocycles. The molecule has 1 aliphatic rings. The van der Waals surface area contributed by atoms with Crippen LogP contribution >= 0.6 is 0 Å². The van der Waals surface area contributed by atoms with Crippen LogP contribution in [0.2, 0.25) is 0 Å². The first-order chi connectivity index (χ1) is 30.3. The van der Waals surface area contributed by atoms with Crippen LogP contribution in [-0.2, 0) is 5.41 Å². The van der Waals surface area contributed by atoms with E-state index in [0.717, 1.165) is 28.3 Å². The topological polar surface area (TPSA) is 7.65 Å². The minimum absolute atomic E-state index is 0.490. The number of rotatable bonds is 7. The van der Waals surface area contributed by atoms with E-state index < -0.39 is 5.41 Å². The van der Waals surface area contributed by atoms with Gasteiger partial charge >= 0.3 is 0 Å². The second-order valence-corrected chi connectivity index (χ2v) is 16.0. The summed E-state index contributed by atoms with van der Waals surface area (Å²) in [6.45, 7) is 0. The summed E-state index contributed by atoms with van der Waals surface area (Å²) >= 11 is 0. The summed E-state index contributed by atoms with van der Waals surface area (Å²) in [5, 5.41) is 3.72. The van der Waals surface area contributed by atoms with Gasteiger partial charge in [0.15, 0.2) is 0 Å². The molecule has 0 radical (unpaired) electrons. The molecule has 0 saturated carbocycles. The van der Waals surface area contributed by atoms with E-state index in [1.54, 1.807) is 0 Å². The maximum absolute atomic E-state index is 2.48. The Morgan fingerprint density at radius 2 is 0.902 bits per heavy atom. The van der Waals surface area contributed by atoms with Gasteiger partial charge in [0.05, 0.1) is 22.1 Å². The molecule has 0 aliphatic heterocycles. The molecule has 0 bridgehead atoms. The third-order valence-electron chi connectivity index (χ3n) is 12.8. The standard InChI is InChI=1S/C59H40N2/c1-5-19-42(20-6-1)57-52-30-16-18-32-55(52)61-56(39-43-21-13-14-28-49(43)58(57)61)41-33-35-47(36-34-41)60(46-26-11-4-12-27-46)48-37-38-51-50-29-15-17-31-53(50)59(54(51)40-48,44-22-7-2-8-23-44)45-24-9-3-10-25-45/h1-40H. The molecule has 2 heterocycles. The number of fused-ring (bicyclic) bond motifs is 8. The highest BCUT2D eigenvalue weighted by Gasteiger charge is 2.46. The van der Waals surface area contributed by atoms with Crippen LogP contribution in [0.25, 0.3) is 60.7 Å². The van der Waals surface area contributed by atoms with Crippen molar-refractivity contribution in [3.63, 3.8) is 0 Å². The first-order valence-electron chi connectivity index (χ1n) is 21.1. The maximum Gasteiger partial charge on any atom is 0.0714 e. The first-order valence-corrected chi connectivity index (χ1v) is 21.1. The molecule has 12 rings (SSSR count). The third kappa shape index (κ3) is 5.36. The number of hydrogen-bond acceptors (Lipinski definition) is 1. The van der Waals surface area contributed by atoms with E-state index in [2.05, 4.69) is 252 Å². The highest BCUT2D eigenvalue weighted by atomic mass is 15.1. The lowest BCUT2D eigenvalue weighted by Crippen LogP contribution is -2.28. The van der Waals surface area contributed by atoms with Crippen molar-refractivity contribution in [2.45, 2.75) is 5.41 Å². The molecule has 2 heteroatoms. The van der Waals surface area contributed by atoms with Crippen LogP contribution in [0.5, 0.6) is 0 Å². The predicted octanol–water partition coefficient (Wildman–Crippen LogP) is 15.4. The number of benzene rings is 9. The summed E-state index contributed by atoms with van der Waals surface area (Å²) in [5.41, 5.74) is 17.7. The Balaban J connectivity index is 1.06. The second-order valence-electron chi connectivity index (χ2n) is 16.0. The van der Waals surface area contributed by atoms with Gasteiger partial charge in [0, 0.05) is 33.4 Å². The molecule has 9 aromatic carbocycles. The van der Waals surface area contributed by atoms with Crippen LogP contribution in [0.1, 0.15) is 22.3 Å². The SMILES string of the molecule is c1ccc(-c2c3ccccc3n3c(-c4ccc(N(c5ccccc5)c5ccc6c(c5)C(c5ccccc5)(c5ccccc5)c5ccccc5-6)cc4)cc4ccccc4c23)cc1. The summed E-state index contributed by atoms with van der Waals surface area (Å²) in [6, 6.07) is 88.9. The van der Waals surface area contributed by atoms with Gasteiger partial charge in [0.1, 0.15) is 0 Å². The molecule has 0 unspecified atom stereocenters. The number of aromatic nitrogens is 1. The van der Waals surface area contributed by atoms with Gasteiger partial charge in [0.25, 0.3) is 0 Å². The Morgan fingerprint density at radius 3 is 1.62 bits per heavy atom. The van der Waals surface area contributed by atoms with E-state index in [9.17, 15) is 0 Å². The summed E-state index contributed by atoms with van der Waals surface area (Å²) < 4.78 is 2.48. The lowest BCUT2D eigenvalue weighted by atomic mass is 9.67. The van der Waals surface area contributed by atoms with Crippen molar-refractivity contribution < 1.29 is 0 Å². The van der Waals surface area contributed by atoms with Crippen molar-refractivity contribution in [3.05, 3.63) is 265 Å². The van der Waals surface area contributed by atoms with Crippen molar-refractivity contribution in [3.8, 4) is 33.5 Å². The molecule has 286 valence electrons. The van der Waals surface area contributed by atoms with E-state index in [1.165, 1.54) is 71.7 Å². The summed E-state index contributed by atoms with van der Waals surface area (Å²) in [6.07, 6.45) is 0. The highest BCUT2D eigenvalue weighted by Crippen LogP contribution is 2.57. The van der Waals surface area contributed by atoms with Gasteiger partial charge in [0.2, 0.25) is 0 Å². The average Bonchev–Trinajstić information content (AvgIpc) is 3.84. The second kappa shape index (κ2) is 14.1. The van der Waals surface area contributed by atoms with Gasteiger partial charge in [-0.15, -0.1) is 0 Å². The summed E-state index contributed by atoms with van der Waals surface area (Å²) in [4.78, 5) is 2.41. The predicted molar refractivity (Wildman–Crippen MR) is 255 cm³/mol. The number of para-hydroxylation sites is 2. The van der Waals surface area contributed by atoms with Gasteiger partial charge in [-0.1, -0.05) is 194 Å². The van der Waals surface area contributed by atoms with Crippen molar-refractivity contribution in [1.82, 2.24) is 4.40 Å². The van der Waals surface area contributed by atoms with E-state index in [0.29, 0.717) is 0 Å². The number of anilines is 3. The van der Waals surface area contributed by atoms with Crippen LogP contribution in [-0.4, -0.2) is 4.40 Å². The fourth-order valence-electron chi connectivity index (χ4n) is 10.3. The van der Waals surface area contributed by atoms with Gasteiger partial charge in [-0.25, -0.2) is 0 Å². The quantitative estimate of drug-likeness (QED) is 0.156. The zero-order valence-electron chi connectivity index (χ0n) is 33.5. The van der Waals surface area contributed by atoms with Crippen LogP contribution in [0.15, 0.2) is 243 Å². The molecule has 0 spiro atoms. The molecule has 0 N–H and O–H groups in total. The lowest BCUT2D eigenvalue weighted by Gasteiger charge is -2.35. The molecule has 2 aromatic heterocycles. The summed E-state index contributed by atoms with van der Waals surface area (Å²) in [7, 11) is 0. The Morgan fingerprint density at radius 1 is 0.361 bits per heavy atom. The number of nitrogens with zero attached hydrogens (tertiary/aromatic N) is 2. The fourth-order valence-corrected chi connectivity index (χ4v) is 10.3. The lowest BCUT2D eigenvalue weighted by molar-refractivity contribution is 0.768. The maximum atomic E-state index is 2.48. The molecule has 0 fully saturated rings. The molecule has 0 amide bonds. The zero-order chi connectivity index (χ0) is 40.3.